The molecular formula is C24H27N3O2. The fourth-order valence-corrected chi connectivity index (χ4v) is 3.11. The van der Waals surface area contributed by atoms with E-state index in [0.29, 0.717) is 12.1 Å². The van der Waals surface area contributed by atoms with E-state index >= 15 is 0 Å². The molecule has 0 aliphatic rings. The van der Waals surface area contributed by atoms with Crippen LogP contribution >= 0.6 is 0 Å². The predicted molar refractivity (Wildman–Crippen MR) is 116 cm³/mol. The van der Waals surface area contributed by atoms with Crippen LogP contribution in [0, 0.1) is 19.8 Å². The number of hydrogen-bond donors (Lipinski definition) is 2. The summed E-state index contributed by atoms with van der Waals surface area (Å²) in [6.07, 6.45) is 0. The first-order valence-electron chi connectivity index (χ1n) is 9.78. The zero-order chi connectivity index (χ0) is 21.0. The highest BCUT2D eigenvalue weighted by atomic mass is 16.2. The molecule has 0 saturated heterocycles. The number of rotatable bonds is 6. The maximum absolute atomic E-state index is 12.5. The molecule has 0 radical (unpaired) electrons. The van der Waals surface area contributed by atoms with Crippen LogP contribution in [0.15, 0.2) is 60.7 Å². The Kier molecular flexibility index (Phi) is 6.17. The first kappa shape index (κ1) is 20.4. The van der Waals surface area contributed by atoms with Gasteiger partial charge in [0.05, 0.1) is 0 Å². The molecule has 3 rings (SSSR count). The molecule has 0 unspecified atom stereocenters. The maximum Gasteiger partial charge on any atom is 0.251 e. The molecule has 1 aromatic heterocycles. The van der Waals surface area contributed by atoms with E-state index < -0.39 is 0 Å². The molecule has 0 fully saturated rings. The molecule has 3 aromatic rings. The van der Waals surface area contributed by atoms with Crippen molar-refractivity contribution in [2.24, 2.45) is 5.92 Å². The zero-order valence-corrected chi connectivity index (χ0v) is 17.3. The van der Waals surface area contributed by atoms with Gasteiger partial charge in [0.2, 0.25) is 5.91 Å². The smallest absolute Gasteiger partial charge is 0.251 e. The summed E-state index contributed by atoms with van der Waals surface area (Å²) in [6, 6.07) is 19.2. The van der Waals surface area contributed by atoms with Gasteiger partial charge in [-0.05, 0) is 67.9 Å². The van der Waals surface area contributed by atoms with Crippen molar-refractivity contribution in [1.82, 2.24) is 9.88 Å². The van der Waals surface area contributed by atoms with Gasteiger partial charge < -0.3 is 15.2 Å². The molecule has 0 saturated carbocycles. The Hall–Kier alpha value is -3.34. The van der Waals surface area contributed by atoms with E-state index in [4.69, 9.17) is 0 Å². The maximum atomic E-state index is 12.5. The first-order chi connectivity index (χ1) is 13.8. The van der Waals surface area contributed by atoms with Gasteiger partial charge in [-0.25, -0.2) is 0 Å². The third-order valence-corrected chi connectivity index (χ3v) is 4.86. The minimum Gasteiger partial charge on any atom is -0.348 e. The lowest BCUT2D eigenvalue weighted by atomic mass is 10.1. The van der Waals surface area contributed by atoms with Crippen molar-refractivity contribution < 1.29 is 9.59 Å². The van der Waals surface area contributed by atoms with Crippen LogP contribution in [0.1, 0.15) is 41.2 Å². The van der Waals surface area contributed by atoms with Gasteiger partial charge in [-0.3, -0.25) is 9.59 Å². The largest absolute Gasteiger partial charge is 0.348 e. The third-order valence-electron chi connectivity index (χ3n) is 4.86. The number of carbonyl (C=O) groups is 2. The van der Waals surface area contributed by atoms with Gasteiger partial charge in [-0.1, -0.05) is 26.0 Å². The molecule has 0 aliphatic carbocycles. The fraction of sp³-hybridized carbons (Fsp3) is 0.250. The number of carbonyl (C=O) groups excluding carboxylic acids is 2. The van der Waals surface area contributed by atoms with Crippen molar-refractivity contribution in [2.75, 3.05) is 5.32 Å². The van der Waals surface area contributed by atoms with Gasteiger partial charge in [-0.2, -0.15) is 0 Å². The second-order valence-corrected chi connectivity index (χ2v) is 7.52. The summed E-state index contributed by atoms with van der Waals surface area (Å²) >= 11 is 0. The second-order valence-electron chi connectivity index (χ2n) is 7.52. The number of anilines is 1. The Balaban J connectivity index is 1.59. The van der Waals surface area contributed by atoms with Crippen LogP contribution in [-0.2, 0) is 11.3 Å². The molecule has 1 heterocycles. The van der Waals surface area contributed by atoms with Crippen molar-refractivity contribution in [3.05, 3.63) is 83.2 Å². The Morgan fingerprint density at radius 1 is 0.862 bits per heavy atom. The number of benzene rings is 2. The minimum absolute atomic E-state index is 0.0141. The topological polar surface area (TPSA) is 63.1 Å². The number of hydrogen-bond acceptors (Lipinski definition) is 2. The van der Waals surface area contributed by atoms with Crippen molar-refractivity contribution in [2.45, 2.75) is 34.2 Å². The number of aryl methyl sites for hydroxylation is 2. The summed E-state index contributed by atoms with van der Waals surface area (Å²) in [5.74, 6) is -0.194. The van der Waals surface area contributed by atoms with Crippen LogP contribution in [0.5, 0.6) is 0 Å². The monoisotopic (exact) mass is 389 g/mol. The number of nitrogens with one attached hydrogen (secondary N) is 2. The van der Waals surface area contributed by atoms with Crippen molar-refractivity contribution >= 4 is 17.5 Å². The number of aromatic nitrogens is 1. The molecule has 29 heavy (non-hydrogen) atoms. The minimum atomic E-state index is -0.116. The SMILES string of the molecule is Cc1ccc(C)n1-c1ccc(C(=O)NCc2ccc(NC(=O)C(C)C)cc2)cc1. The van der Waals surface area contributed by atoms with E-state index in [-0.39, 0.29) is 17.7 Å². The summed E-state index contributed by atoms with van der Waals surface area (Å²) in [5, 5.41) is 5.79. The second kappa shape index (κ2) is 8.78. The molecular weight excluding hydrogens is 362 g/mol. The van der Waals surface area contributed by atoms with E-state index in [2.05, 4.69) is 41.2 Å². The van der Waals surface area contributed by atoms with Crippen LogP contribution in [0.2, 0.25) is 0 Å². The molecule has 2 amide bonds. The average Bonchev–Trinajstić information content (AvgIpc) is 3.05. The first-order valence-corrected chi connectivity index (χ1v) is 9.78. The van der Waals surface area contributed by atoms with Gasteiger partial charge in [0, 0.05) is 40.8 Å². The van der Waals surface area contributed by atoms with Gasteiger partial charge in [-0.15, -0.1) is 0 Å². The molecule has 0 spiro atoms. The van der Waals surface area contributed by atoms with Gasteiger partial charge >= 0.3 is 0 Å². The lowest BCUT2D eigenvalue weighted by molar-refractivity contribution is -0.118. The Bertz CT molecular complexity index is 980. The van der Waals surface area contributed by atoms with Crippen LogP contribution in [0.4, 0.5) is 5.69 Å². The molecule has 150 valence electrons. The van der Waals surface area contributed by atoms with E-state index in [1.807, 2.05) is 62.4 Å². The van der Waals surface area contributed by atoms with E-state index in [9.17, 15) is 9.59 Å². The summed E-state index contributed by atoms with van der Waals surface area (Å²) < 4.78 is 2.15. The highest BCUT2D eigenvalue weighted by Crippen LogP contribution is 2.17. The number of nitrogens with zero attached hydrogens (tertiary/aromatic N) is 1. The van der Waals surface area contributed by atoms with Gasteiger partial charge in [0.1, 0.15) is 0 Å². The normalized spacial score (nSPS) is 10.8. The fourth-order valence-electron chi connectivity index (χ4n) is 3.11. The lowest BCUT2D eigenvalue weighted by Gasteiger charge is -2.11. The molecule has 5 nitrogen and oxygen atoms in total. The van der Waals surface area contributed by atoms with Crippen LogP contribution < -0.4 is 10.6 Å². The summed E-state index contributed by atoms with van der Waals surface area (Å²) in [5.41, 5.74) is 5.71. The van der Waals surface area contributed by atoms with Gasteiger partial charge in [0.15, 0.2) is 0 Å². The molecule has 0 aliphatic heterocycles. The van der Waals surface area contributed by atoms with Crippen molar-refractivity contribution in [1.29, 1.82) is 0 Å². The molecule has 0 atom stereocenters. The summed E-state index contributed by atoms with van der Waals surface area (Å²) in [6.45, 7) is 8.26. The van der Waals surface area contributed by atoms with E-state index in [1.165, 1.54) is 0 Å². The van der Waals surface area contributed by atoms with E-state index in [0.717, 1.165) is 28.3 Å². The molecule has 2 aromatic carbocycles. The molecule has 2 N–H and O–H groups in total. The lowest BCUT2D eigenvalue weighted by Crippen LogP contribution is -2.22. The van der Waals surface area contributed by atoms with Crippen molar-refractivity contribution in [3.8, 4) is 5.69 Å². The summed E-state index contributed by atoms with van der Waals surface area (Å²) in [4.78, 5) is 24.2. The quantitative estimate of drug-likeness (QED) is 0.646. The third kappa shape index (κ3) is 4.93. The highest BCUT2D eigenvalue weighted by molar-refractivity contribution is 5.94. The average molecular weight is 389 g/mol. The Morgan fingerprint density at radius 3 is 2.00 bits per heavy atom. The Morgan fingerprint density at radius 2 is 1.45 bits per heavy atom. The number of amides is 2. The van der Waals surface area contributed by atoms with Crippen LogP contribution in [-0.4, -0.2) is 16.4 Å². The predicted octanol–water partition coefficient (Wildman–Crippen LogP) is 4.62. The van der Waals surface area contributed by atoms with Crippen LogP contribution in [0.3, 0.4) is 0 Å². The highest BCUT2D eigenvalue weighted by Gasteiger charge is 2.09. The van der Waals surface area contributed by atoms with E-state index in [1.54, 1.807) is 0 Å². The van der Waals surface area contributed by atoms with Gasteiger partial charge in [0.25, 0.3) is 5.91 Å². The molecule has 0 bridgehead atoms. The Labute approximate surface area is 171 Å². The summed E-state index contributed by atoms with van der Waals surface area (Å²) in [7, 11) is 0. The molecule has 5 heteroatoms. The van der Waals surface area contributed by atoms with Crippen LogP contribution in [0.25, 0.3) is 5.69 Å². The van der Waals surface area contributed by atoms with Crippen molar-refractivity contribution in [3.63, 3.8) is 0 Å². The standard InChI is InChI=1S/C24H27N3O2/c1-16(2)23(28)26-21-11-7-19(8-12-21)15-25-24(29)20-9-13-22(14-10-20)27-17(3)5-6-18(27)4/h5-14,16H,15H2,1-4H3,(H,25,29)(H,26,28). The zero-order valence-electron chi connectivity index (χ0n) is 17.3.